The minimum absolute atomic E-state index is 0.0990. The molecule has 5 rings (SSSR count). The monoisotopic (exact) mass is 499 g/mol. The first-order valence-electron chi connectivity index (χ1n) is 13.3. The van der Waals surface area contributed by atoms with Gasteiger partial charge in [-0.15, -0.1) is 0 Å². The number of hydrogen-bond acceptors (Lipinski definition) is 3. The van der Waals surface area contributed by atoms with Crippen LogP contribution in [0.1, 0.15) is 62.6 Å². The third-order valence-electron chi connectivity index (χ3n) is 7.84. The lowest BCUT2D eigenvalue weighted by Crippen LogP contribution is -2.61. The van der Waals surface area contributed by atoms with Crippen molar-refractivity contribution in [1.29, 1.82) is 0 Å². The standard InChI is InChI=1S/C32H37NO2S/c1-22(2)27-20-19-23(3)21-28(27)35-30-29(24-13-7-4-8-14-24)33(31(30)34)32(25-15-9-5-10-16-25)36-26-17-11-6-12-18-26/h4-18,22-23,27-30,32H,19-21H2,1-3H3/t23?,27?,28?,29-,30+,32+/m0/s1. The van der Waals surface area contributed by atoms with Crippen LogP contribution in [0.4, 0.5) is 0 Å². The lowest BCUT2D eigenvalue weighted by Gasteiger charge is -2.52. The molecule has 6 atom stereocenters. The van der Waals surface area contributed by atoms with Gasteiger partial charge in [-0.1, -0.05) is 118 Å². The van der Waals surface area contributed by atoms with E-state index in [-0.39, 0.29) is 23.4 Å². The molecule has 1 aliphatic heterocycles. The summed E-state index contributed by atoms with van der Waals surface area (Å²) in [6, 6.07) is 31.1. The molecule has 2 aliphatic rings. The predicted molar refractivity (Wildman–Crippen MR) is 148 cm³/mol. The molecule has 188 valence electrons. The number of β-lactam (4-membered cyclic amide) rings is 1. The summed E-state index contributed by atoms with van der Waals surface area (Å²) < 4.78 is 6.82. The minimum Gasteiger partial charge on any atom is -0.362 e. The first kappa shape index (κ1) is 25.1. The molecule has 0 radical (unpaired) electrons. The molecule has 3 unspecified atom stereocenters. The van der Waals surface area contributed by atoms with Crippen molar-refractivity contribution in [3.63, 3.8) is 0 Å². The van der Waals surface area contributed by atoms with Crippen molar-refractivity contribution >= 4 is 17.7 Å². The Bertz CT molecular complexity index is 1120. The second-order valence-corrected chi connectivity index (χ2v) is 11.9. The van der Waals surface area contributed by atoms with E-state index in [0.29, 0.717) is 17.8 Å². The van der Waals surface area contributed by atoms with Crippen LogP contribution in [0.15, 0.2) is 95.9 Å². The molecule has 4 heteroatoms. The molecular weight excluding hydrogens is 462 g/mol. The molecule has 0 aromatic heterocycles. The molecule has 1 amide bonds. The van der Waals surface area contributed by atoms with Crippen LogP contribution in [0, 0.1) is 17.8 Å². The third kappa shape index (κ3) is 5.26. The Morgan fingerprint density at radius 2 is 1.47 bits per heavy atom. The number of ether oxygens (including phenoxy) is 1. The van der Waals surface area contributed by atoms with Crippen LogP contribution in [0.25, 0.3) is 0 Å². The van der Waals surface area contributed by atoms with E-state index in [2.05, 4.69) is 98.5 Å². The smallest absolute Gasteiger partial charge is 0.256 e. The van der Waals surface area contributed by atoms with Gasteiger partial charge >= 0.3 is 0 Å². The summed E-state index contributed by atoms with van der Waals surface area (Å²) in [6.07, 6.45) is 3.16. The van der Waals surface area contributed by atoms with Gasteiger partial charge in [0.05, 0.1) is 12.1 Å². The number of likely N-dealkylation sites (tertiary alicyclic amines) is 1. The van der Waals surface area contributed by atoms with Gasteiger partial charge in [-0.2, -0.15) is 0 Å². The topological polar surface area (TPSA) is 29.5 Å². The zero-order valence-electron chi connectivity index (χ0n) is 21.5. The maximum absolute atomic E-state index is 14.0. The van der Waals surface area contributed by atoms with E-state index < -0.39 is 6.10 Å². The van der Waals surface area contributed by atoms with Gasteiger partial charge in [0.15, 0.2) is 6.10 Å². The van der Waals surface area contributed by atoms with Gasteiger partial charge in [0.2, 0.25) is 0 Å². The van der Waals surface area contributed by atoms with Crippen molar-refractivity contribution < 1.29 is 9.53 Å². The SMILES string of the molecule is CC1CCC(C(C)C)C(O[C@H]2C(=O)N([C@H](Sc3ccccc3)c3ccccc3)[C@H]2c2ccccc2)C1. The fourth-order valence-electron chi connectivity index (χ4n) is 5.85. The number of amides is 1. The summed E-state index contributed by atoms with van der Waals surface area (Å²) in [5.74, 6) is 1.79. The molecule has 1 aliphatic carbocycles. The Kier molecular flexibility index (Phi) is 7.83. The molecule has 3 aromatic carbocycles. The van der Waals surface area contributed by atoms with Crippen LogP contribution in [-0.4, -0.2) is 23.0 Å². The van der Waals surface area contributed by atoms with E-state index in [9.17, 15) is 4.79 Å². The molecule has 3 nitrogen and oxygen atoms in total. The minimum atomic E-state index is -0.438. The highest BCUT2D eigenvalue weighted by Crippen LogP contribution is 2.50. The highest BCUT2D eigenvalue weighted by atomic mass is 32.2. The number of rotatable bonds is 8. The van der Waals surface area contributed by atoms with Crippen LogP contribution >= 0.6 is 11.8 Å². The van der Waals surface area contributed by atoms with Gasteiger partial charge in [0.1, 0.15) is 5.37 Å². The predicted octanol–water partition coefficient (Wildman–Crippen LogP) is 7.91. The number of hydrogen-bond donors (Lipinski definition) is 0. The van der Waals surface area contributed by atoms with Crippen molar-refractivity contribution in [1.82, 2.24) is 4.90 Å². The maximum Gasteiger partial charge on any atom is 0.256 e. The number of carbonyl (C=O) groups is 1. The number of carbonyl (C=O) groups excluding carboxylic acids is 1. The van der Waals surface area contributed by atoms with Gasteiger partial charge in [-0.05, 0) is 53.9 Å². The van der Waals surface area contributed by atoms with Crippen LogP contribution in [0.3, 0.4) is 0 Å². The lowest BCUT2D eigenvalue weighted by molar-refractivity contribution is -0.193. The molecule has 3 aromatic rings. The lowest BCUT2D eigenvalue weighted by atomic mass is 9.75. The van der Waals surface area contributed by atoms with Crippen LogP contribution in [0.5, 0.6) is 0 Å². The summed E-state index contributed by atoms with van der Waals surface area (Å²) in [6.45, 7) is 6.91. The van der Waals surface area contributed by atoms with Crippen LogP contribution in [-0.2, 0) is 9.53 Å². The Balaban J connectivity index is 1.48. The van der Waals surface area contributed by atoms with Crippen molar-refractivity contribution in [2.75, 3.05) is 0 Å². The quantitative estimate of drug-likeness (QED) is 0.233. The zero-order valence-corrected chi connectivity index (χ0v) is 22.3. The van der Waals surface area contributed by atoms with E-state index >= 15 is 0 Å². The molecule has 1 saturated carbocycles. The summed E-state index contributed by atoms with van der Waals surface area (Å²) in [5.41, 5.74) is 2.27. The van der Waals surface area contributed by atoms with E-state index in [1.54, 1.807) is 11.8 Å². The molecule has 2 fully saturated rings. The molecule has 36 heavy (non-hydrogen) atoms. The average molecular weight is 500 g/mol. The molecule has 0 bridgehead atoms. The Hall–Kier alpha value is -2.56. The van der Waals surface area contributed by atoms with E-state index in [1.165, 1.54) is 12.8 Å². The number of nitrogens with zero attached hydrogens (tertiary/aromatic N) is 1. The summed E-state index contributed by atoms with van der Waals surface area (Å²) in [7, 11) is 0. The van der Waals surface area contributed by atoms with Gasteiger partial charge in [-0.25, -0.2) is 0 Å². The van der Waals surface area contributed by atoms with Crippen molar-refractivity contribution in [3.8, 4) is 0 Å². The van der Waals surface area contributed by atoms with Crippen molar-refractivity contribution in [3.05, 3.63) is 102 Å². The van der Waals surface area contributed by atoms with Gasteiger partial charge in [-0.3, -0.25) is 4.79 Å². The summed E-state index contributed by atoms with van der Waals surface area (Å²) >= 11 is 1.73. The fraction of sp³-hybridized carbons (Fsp3) is 0.406. The molecular formula is C32H37NO2S. The highest BCUT2D eigenvalue weighted by Gasteiger charge is 2.54. The first-order valence-corrected chi connectivity index (χ1v) is 14.2. The number of benzene rings is 3. The normalized spacial score (nSPS) is 27.1. The van der Waals surface area contributed by atoms with Crippen LogP contribution < -0.4 is 0 Å². The highest BCUT2D eigenvalue weighted by molar-refractivity contribution is 7.99. The Morgan fingerprint density at radius 3 is 2.11 bits per heavy atom. The summed E-state index contributed by atoms with van der Waals surface area (Å²) in [4.78, 5) is 17.2. The second kappa shape index (κ2) is 11.2. The van der Waals surface area contributed by atoms with Crippen molar-refractivity contribution in [2.45, 2.75) is 68.6 Å². The van der Waals surface area contributed by atoms with Gasteiger partial charge in [0, 0.05) is 4.90 Å². The van der Waals surface area contributed by atoms with E-state index in [1.807, 2.05) is 18.2 Å². The second-order valence-electron chi connectivity index (χ2n) is 10.7. The molecule has 1 heterocycles. The summed E-state index contributed by atoms with van der Waals surface area (Å²) in [5, 5.41) is -0.127. The molecule has 1 saturated heterocycles. The first-order chi connectivity index (χ1) is 17.5. The maximum atomic E-state index is 14.0. The zero-order chi connectivity index (χ0) is 25.1. The fourth-order valence-corrected chi connectivity index (χ4v) is 7.07. The number of thioether (sulfide) groups is 1. The van der Waals surface area contributed by atoms with E-state index in [4.69, 9.17) is 4.74 Å². The van der Waals surface area contributed by atoms with Gasteiger partial charge in [0.25, 0.3) is 5.91 Å². The Morgan fingerprint density at radius 1 is 0.861 bits per heavy atom. The third-order valence-corrected chi connectivity index (χ3v) is 9.10. The Labute approximate surface area is 220 Å². The molecule has 0 spiro atoms. The molecule has 0 N–H and O–H groups in total. The van der Waals surface area contributed by atoms with Gasteiger partial charge < -0.3 is 9.64 Å². The van der Waals surface area contributed by atoms with E-state index in [0.717, 1.165) is 22.4 Å². The largest absolute Gasteiger partial charge is 0.362 e. The average Bonchev–Trinajstić information content (AvgIpc) is 2.90. The van der Waals surface area contributed by atoms with Crippen molar-refractivity contribution in [2.24, 2.45) is 17.8 Å². The van der Waals surface area contributed by atoms with Crippen LogP contribution in [0.2, 0.25) is 0 Å².